The number of fused-ring (bicyclic) bond motifs is 3. The smallest absolute Gasteiger partial charge is 0.236 e. The fourth-order valence-corrected chi connectivity index (χ4v) is 4.37. The second kappa shape index (κ2) is 5.08. The van der Waals surface area contributed by atoms with Crippen LogP contribution in [0, 0.1) is 5.92 Å². The molecule has 0 saturated carbocycles. The Morgan fingerprint density at radius 2 is 1.79 bits per heavy atom. The van der Waals surface area contributed by atoms with E-state index < -0.39 is 9.05 Å². The van der Waals surface area contributed by atoms with E-state index in [2.05, 4.69) is 17.0 Å². The Bertz CT molecular complexity index is 547. The zero-order chi connectivity index (χ0) is 13.5. The molecule has 0 aromatic heterocycles. The number of nitrogens with zero attached hydrogens (tertiary/aromatic N) is 1. The van der Waals surface area contributed by atoms with Gasteiger partial charge in [-0.15, -0.1) is 0 Å². The molecule has 3 nitrogen and oxygen atoms in total. The number of benzene rings is 1. The minimum Gasteiger partial charge on any atom is -0.303 e. The second-order valence-electron chi connectivity index (χ2n) is 5.67. The number of hydrogen-bond donors (Lipinski definition) is 0. The zero-order valence-electron chi connectivity index (χ0n) is 10.8. The van der Waals surface area contributed by atoms with Crippen LogP contribution in [0.5, 0.6) is 0 Å². The Labute approximate surface area is 119 Å². The fourth-order valence-electron chi connectivity index (χ4n) is 3.40. The van der Waals surface area contributed by atoms with Crippen molar-refractivity contribution in [3.8, 4) is 0 Å². The van der Waals surface area contributed by atoms with E-state index in [4.69, 9.17) is 10.7 Å². The summed E-state index contributed by atoms with van der Waals surface area (Å²) in [5.41, 5.74) is 2.10. The van der Waals surface area contributed by atoms with Crippen molar-refractivity contribution < 1.29 is 8.42 Å². The van der Waals surface area contributed by atoms with Gasteiger partial charge in [-0.1, -0.05) is 24.3 Å². The lowest BCUT2D eigenvalue weighted by Crippen LogP contribution is -2.46. The third-order valence-electron chi connectivity index (χ3n) is 4.40. The largest absolute Gasteiger partial charge is 0.303 e. The molecule has 1 aromatic rings. The van der Waals surface area contributed by atoms with E-state index in [1.807, 2.05) is 12.1 Å². The molecule has 3 heterocycles. The SMILES string of the molecule is O=S(=O)(Cl)Cc1ccc(C2CN3CCC2CC3)cc1. The molecule has 1 aromatic carbocycles. The van der Waals surface area contributed by atoms with Gasteiger partial charge in [0.2, 0.25) is 9.05 Å². The number of halogens is 1. The number of hydrogen-bond acceptors (Lipinski definition) is 3. The topological polar surface area (TPSA) is 37.4 Å². The Morgan fingerprint density at radius 3 is 2.26 bits per heavy atom. The van der Waals surface area contributed by atoms with Crippen LogP contribution in [0.25, 0.3) is 0 Å². The number of piperidine rings is 3. The molecule has 0 amide bonds. The summed E-state index contributed by atoms with van der Waals surface area (Å²) in [6.07, 6.45) is 2.59. The van der Waals surface area contributed by atoms with Crippen LogP contribution >= 0.6 is 10.7 Å². The van der Waals surface area contributed by atoms with Crippen LogP contribution in [0.15, 0.2) is 24.3 Å². The first-order valence-corrected chi connectivity index (χ1v) is 9.23. The van der Waals surface area contributed by atoms with Gasteiger partial charge in [0.25, 0.3) is 0 Å². The Hall–Kier alpha value is -0.580. The molecule has 104 valence electrons. The van der Waals surface area contributed by atoms with Gasteiger partial charge in [-0.3, -0.25) is 0 Å². The average Bonchev–Trinajstić information content (AvgIpc) is 2.39. The lowest BCUT2D eigenvalue weighted by Gasteiger charge is -2.45. The van der Waals surface area contributed by atoms with Crippen LogP contribution in [0.3, 0.4) is 0 Å². The fraction of sp³-hybridized carbons (Fsp3) is 0.571. The number of rotatable bonds is 3. The monoisotopic (exact) mass is 299 g/mol. The summed E-state index contributed by atoms with van der Waals surface area (Å²) in [6, 6.07) is 7.94. The van der Waals surface area contributed by atoms with Gasteiger partial charge in [-0.05, 0) is 48.9 Å². The summed E-state index contributed by atoms with van der Waals surface area (Å²) in [5.74, 6) is 1.33. The zero-order valence-corrected chi connectivity index (χ0v) is 12.3. The summed E-state index contributed by atoms with van der Waals surface area (Å²) in [4.78, 5) is 2.53. The van der Waals surface area contributed by atoms with Crippen LogP contribution in [0.4, 0.5) is 0 Å². The van der Waals surface area contributed by atoms with Crippen molar-refractivity contribution in [1.29, 1.82) is 0 Å². The van der Waals surface area contributed by atoms with Gasteiger partial charge in [0.05, 0.1) is 5.75 Å². The van der Waals surface area contributed by atoms with E-state index in [0.29, 0.717) is 5.92 Å². The molecule has 1 atom stereocenters. The quantitative estimate of drug-likeness (QED) is 0.805. The molecule has 0 spiro atoms. The maximum Gasteiger partial charge on any atom is 0.236 e. The molecule has 3 fully saturated rings. The first-order valence-electron chi connectivity index (χ1n) is 6.75. The predicted molar refractivity (Wildman–Crippen MR) is 76.8 cm³/mol. The lowest BCUT2D eigenvalue weighted by molar-refractivity contribution is 0.0871. The van der Waals surface area contributed by atoms with Gasteiger partial charge >= 0.3 is 0 Å². The van der Waals surface area contributed by atoms with Gasteiger partial charge in [-0.2, -0.15) is 0 Å². The molecule has 0 aliphatic carbocycles. The van der Waals surface area contributed by atoms with E-state index in [-0.39, 0.29) is 5.75 Å². The molecule has 3 saturated heterocycles. The van der Waals surface area contributed by atoms with E-state index in [1.54, 1.807) is 0 Å². The first-order chi connectivity index (χ1) is 9.01. The Balaban J connectivity index is 1.76. The molecular weight excluding hydrogens is 282 g/mol. The van der Waals surface area contributed by atoms with Crippen molar-refractivity contribution in [1.82, 2.24) is 4.90 Å². The summed E-state index contributed by atoms with van der Waals surface area (Å²) in [6.45, 7) is 3.63. The van der Waals surface area contributed by atoms with Crippen LogP contribution in [-0.4, -0.2) is 33.0 Å². The predicted octanol–water partition coefficient (Wildman–Crippen LogP) is 2.56. The first kappa shape index (κ1) is 13.4. The highest BCUT2D eigenvalue weighted by atomic mass is 35.7. The van der Waals surface area contributed by atoms with Gasteiger partial charge in [-0.25, -0.2) is 8.42 Å². The van der Waals surface area contributed by atoms with E-state index in [0.717, 1.165) is 18.0 Å². The molecule has 19 heavy (non-hydrogen) atoms. The normalized spacial score (nSPS) is 30.5. The highest BCUT2D eigenvalue weighted by Crippen LogP contribution is 2.38. The molecule has 0 radical (unpaired) electrons. The molecule has 5 heteroatoms. The van der Waals surface area contributed by atoms with Crippen molar-refractivity contribution in [2.24, 2.45) is 5.92 Å². The average molecular weight is 300 g/mol. The van der Waals surface area contributed by atoms with Crippen molar-refractivity contribution in [2.75, 3.05) is 19.6 Å². The molecule has 4 rings (SSSR count). The van der Waals surface area contributed by atoms with Crippen molar-refractivity contribution in [3.05, 3.63) is 35.4 Å². The molecule has 1 unspecified atom stereocenters. The molecule has 2 bridgehead atoms. The molecule has 3 aliphatic heterocycles. The van der Waals surface area contributed by atoms with E-state index >= 15 is 0 Å². The maximum absolute atomic E-state index is 11.1. The summed E-state index contributed by atoms with van der Waals surface area (Å²) < 4.78 is 22.1. The third kappa shape index (κ3) is 3.12. The molecular formula is C14H18ClNO2S. The van der Waals surface area contributed by atoms with Gasteiger partial charge in [0.15, 0.2) is 0 Å². The summed E-state index contributed by atoms with van der Waals surface area (Å²) >= 11 is 0. The minimum absolute atomic E-state index is 0.0882. The highest BCUT2D eigenvalue weighted by Gasteiger charge is 2.34. The Morgan fingerprint density at radius 1 is 1.16 bits per heavy atom. The van der Waals surface area contributed by atoms with Crippen LogP contribution in [0.2, 0.25) is 0 Å². The van der Waals surface area contributed by atoms with Gasteiger partial charge in [0, 0.05) is 17.2 Å². The van der Waals surface area contributed by atoms with Gasteiger partial charge < -0.3 is 4.90 Å². The van der Waals surface area contributed by atoms with Crippen molar-refractivity contribution in [3.63, 3.8) is 0 Å². The maximum atomic E-state index is 11.1. The standard InChI is InChI=1S/C14H18ClNO2S/c15-19(17,18)10-11-1-3-12(4-2-11)14-9-16-7-5-13(14)6-8-16/h1-4,13-14H,5-10H2. The van der Waals surface area contributed by atoms with Crippen LogP contribution in [0.1, 0.15) is 29.9 Å². The molecule has 3 aliphatic rings. The second-order valence-corrected chi connectivity index (χ2v) is 8.45. The van der Waals surface area contributed by atoms with Crippen LogP contribution in [-0.2, 0) is 14.8 Å². The van der Waals surface area contributed by atoms with E-state index in [9.17, 15) is 8.42 Å². The highest BCUT2D eigenvalue weighted by molar-refractivity contribution is 8.13. The van der Waals surface area contributed by atoms with E-state index in [1.165, 1.54) is 31.5 Å². The Kier molecular flexibility index (Phi) is 3.58. The summed E-state index contributed by atoms with van der Waals surface area (Å²) in [7, 11) is 1.81. The van der Waals surface area contributed by atoms with Crippen LogP contribution < -0.4 is 0 Å². The van der Waals surface area contributed by atoms with Gasteiger partial charge in [0.1, 0.15) is 0 Å². The molecule has 0 N–H and O–H groups in total. The minimum atomic E-state index is -3.46. The van der Waals surface area contributed by atoms with Crippen molar-refractivity contribution in [2.45, 2.75) is 24.5 Å². The lowest BCUT2D eigenvalue weighted by atomic mass is 9.75. The summed E-state index contributed by atoms with van der Waals surface area (Å²) in [5, 5.41) is 0. The van der Waals surface area contributed by atoms with Crippen molar-refractivity contribution >= 4 is 19.7 Å². The third-order valence-corrected chi connectivity index (χ3v) is 5.41.